The van der Waals surface area contributed by atoms with Crippen LogP contribution in [-0.2, 0) is 6.54 Å². The molecule has 0 saturated carbocycles. The monoisotopic (exact) mass is 213 g/mol. The molecule has 0 spiro atoms. The SMILES string of the molecule is C=CC(NCc1ccccc1)c1ccco1. The van der Waals surface area contributed by atoms with E-state index in [0.29, 0.717) is 0 Å². The molecule has 1 aromatic carbocycles. The van der Waals surface area contributed by atoms with Gasteiger partial charge in [-0.3, -0.25) is 0 Å². The molecule has 2 heteroatoms. The summed E-state index contributed by atoms with van der Waals surface area (Å²) in [6.45, 7) is 4.61. The maximum atomic E-state index is 5.34. The second-order valence-corrected chi connectivity index (χ2v) is 3.60. The number of furan rings is 1. The van der Waals surface area contributed by atoms with Gasteiger partial charge in [0.1, 0.15) is 5.76 Å². The van der Waals surface area contributed by atoms with E-state index in [1.54, 1.807) is 6.26 Å². The Labute approximate surface area is 95.6 Å². The zero-order valence-corrected chi connectivity index (χ0v) is 9.10. The summed E-state index contributed by atoms with van der Waals surface area (Å²) < 4.78 is 5.34. The standard InChI is InChI=1S/C14H15NO/c1-2-13(14-9-6-10-16-14)15-11-12-7-4-3-5-8-12/h2-10,13,15H,1,11H2. The Bertz CT molecular complexity index is 419. The number of nitrogens with one attached hydrogen (secondary N) is 1. The summed E-state index contributed by atoms with van der Waals surface area (Å²) in [5.41, 5.74) is 1.25. The van der Waals surface area contributed by atoms with Crippen LogP contribution in [0.2, 0.25) is 0 Å². The fourth-order valence-electron chi connectivity index (χ4n) is 1.59. The van der Waals surface area contributed by atoms with Gasteiger partial charge in [-0.1, -0.05) is 36.4 Å². The van der Waals surface area contributed by atoms with E-state index in [1.165, 1.54) is 5.56 Å². The second-order valence-electron chi connectivity index (χ2n) is 3.60. The van der Waals surface area contributed by atoms with E-state index in [-0.39, 0.29) is 6.04 Å². The molecule has 1 N–H and O–H groups in total. The van der Waals surface area contributed by atoms with E-state index in [4.69, 9.17) is 4.42 Å². The van der Waals surface area contributed by atoms with Gasteiger partial charge in [-0.15, -0.1) is 6.58 Å². The van der Waals surface area contributed by atoms with E-state index in [1.807, 2.05) is 36.4 Å². The summed E-state index contributed by atoms with van der Waals surface area (Å²) >= 11 is 0. The third kappa shape index (κ3) is 2.61. The maximum Gasteiger partial charge on any atom is 0.124 e. The summed E-state index contributed by atoms with van der Waals surface area (Å²) in [6, 6.07) is 14.2. The van der Waals surface area contributed by atoms with E-state index in [9.17, 15) is 0 Å². The van der Waals surface area contributed by atoms with Gasteiger partial charge < -0.3 is 9.73 Å². The highest BCUT2D eigenvalue weighted by molar-refractivity contribution is 5.16. The van der Waals surface area contributed by atoms with Crippen molar-refractivity contribution in [1.82, 2.24) is 5.32 Å². The normalized spacial score (nSPS) is 12.2. The van der Waals surface area contributed by atoms with Crippen LogP contribution in [0.1, 0.15) is 17.4 Å². The van der Waals surface area contributed by atoms with Crippen molar-refractivity contribution in [3.05, 3.63) is 72.7 Å². The Morgan fingerprint density at radius 1 is 1.19 bits per heavy atom. The first-order chi connectivity index (χ1) is 7.90. The lowest BCUT2D eigenvalue weighted by Crippen LogP contribution is -2.18. The van der Waals surface area contributed by atoms with Crippen molar-refractivity contribution in [3.8, 4) is 0 Å². The third-order valence-corrected chi connectivity index (χ3v) is 2.45. The number of hydrogen-bond donors (Lipinski definition) is 1. The van der Waals surface area contributed by atoms with Gasteiger partial charge in [0.15, 0.2) is 0 Å². The van der Waals surface area contributed by atoms with E-state index in [0.717, 1.165) is 12.3 Å². The molecule has 0 aliphatic carbocycles. The highest BCUT2D eigenvalue weighted by Gasteiger charge is 2.08. The lowest BCUT2D eigenvalue weighted by Gasteiger charge is -2.12. The summed E-state index contributed by atoms with van der Waals surface area (Å²) in [5, 5.41) is 3.38. The molecule has 2 rings (SSSR count). The van der Waals surface area contributed by atoms with Crippen LogP contribution in [0.15, 0.2) is 65.8 Å². The topological polar surface area (TPSA) is 25.2 Å². The summed E-state index contributed by atoms with van der Waals surface area (Å²) in [7, 11) is 0. The largest absolute Gasteiger partial charge is 0.467 e. The van der Waals surface area contributed by atoms with Gasteiger partial charge in [0.25, 0.3) is 0 Å². The molecule has 2 aromatic rings. The summed E-state index contributed by atoms with van der Waals surface area (Å²) in [5.74, 6) is 0.894. The predicted molar refractivity (Wildman–Crippen MR) is 64.9 cm³/mol. The van der Waals surface area contributed by atoms with Crippen LogP contribution in [0.5, 0.6) is 0 Å². The van der Waals surface area contributed by atoms with Crippen molar-refractivity contribution in [2.45, 2.75) is 12.6 Å². The van der Waals surface area contributed by atoms with Crippen molar-refractivity contribution in [3.63, 3.8) is 0 Å². The van der Waals surface area contributed by atoms with E-state index >= 15 is 0 Å². The fourth-order valence-corrected chi connectivity index (χ4v) is 1.59. The second kappa shape index (κ2) is 5.33. The van der Waals surface area contributed by atoms with Crippen LogP contribution in [0, 0.1) is 0 Å². The minimum Gasteiger partial charge on any atom is -0.467 e. The minimum absolute atomic E-state index is 0.0650. The van der Waals surface area contributed by atoms with Crippen molar-refractivity contribution in [1.29, 1.82) is 0 Å². The van der Waals surface area contributed by atoms with E-state index < -0.39 is 0 Å². The molecule has 2 nitrogen and oxygen atoms in total. The highest BCUT2D eigenvalue weighted by atomic mass is 16.3. The molecule has 1 unspecified atom stereocenters. The zero-order valence-electron chi connectivity index (χ0n) is 9.10. The quantitative estimate of drug-likeness (QED) is 0.771. The number of benzene rings is 1. The molecule has 0 aliphatic heterocycles. The predicted octanol–water partition coefficient (Wildman–Crippen LogP) is 3.30. The molecule has 0 bridgehead atoms. The van der Waals surface area contributed by atoms with Crippen LogP contribution >= 0.6 is 0 Å². The van der Waals surface area contributed by atoms with Gasteiger partial charge in [-0.25, -0.2) is 0 Å². The molecule has 0 fully saturated rings. The zero-order chi connectivity index (χ0) is 11.2. The van der Waals surface area contributed by atoms with Gasteiger partial charge in [0.2, 0.25) is 0 Å². The van der Waals surface area contributed by atoms with Crippen LogP contribution in [-0.4, -0.2) is 0 Å². The fraction of sp³-hybridized carbons (Fsp3) is 0.143. The minimum atomic E-state index is 0.0650. The molecule has 1 atom stereocenters. The first-order valence-electron chi connectivity index (χ1n) is 5.33. The molecule has 0 amide bonds. The molecule has 0 radical (unpaired) electrons. The van der Waals surface area contributed by atoms with Gasteiger partial charge in [-0.2, -0.15) is 0 Å². The van der Waals surface area contributed by atoms with Crippen molar-refractivity contribution >= 4 is 0 Å². The summed E-state index contributed by atoms with van der Waals surface area (Å²) in [6.07, 6.45) is 3.53. The Morgan fingerprint density at radius 3 is 2.62 bits per heavy atom. The lowest BCUT2D eigenvalue weighted by atomic mass is 10.2. The summed E-state index contributed by atoms with van der Waals surface area (Å²) in [4.78, 5) is 0. The van der Waals surface area contributed by atoms with E-state index in [2.05, 4.69) is 24.0 Å². The Hall–Kier alpha value is -1.80. The van der Waals surface area contributed by atoms with Crippen molar-refractivity contribution < 1.29 is 4.42 Å². The van der Waals surface area contributed by atoms with Crippen molar-refractivity contribution in [2.24, 2.45) is 0 Å². The van der Waals surface area contributed by atoms with Crippen molar-refractivity contribution in [2.75, 3.05) is 0 Å². The van der Waals surface area contributed by atoms with Crippen LogP contribution < -0.4 is 5.32 Å². The molecule has 0 aliphatic rings. The van der Waals surface area contributed by atoms with Crippen LogP contribution in [0.4, 0.5) is 0 Å². The molecular formula is C14H15NO. The van der Waals surface area contributed by atoms with Crippen LogP contribution in [0.25, 0.3) is 0 Å². The van der Waals surface area contributed by atoms with Gasteiger partial charge in [-0.05, 0) is 17.7 Å². The average Bonchev–Trinajstić information content (AvgIpc) is 2.85. The number of hydrogen-bond acceptors (Lipinski definition) is 2. The number of rotatable bonds is 5. The maximum absolute atomic E-state index is 5.34. The molecule has 1 aromatic heterocycles. The van der Waals surface area contributed by atoms with Gasteiger partial charge in [0, 0.05) is 6.54 Å². The first kappa shape index (κ1) is 10.7. The highest BCUT2D eigenvalue weighted by Crippen LogP contribution is 2.14. The third-order valence-electron chi connectivity index (χ3n) is 2.45. The Morgan fingerprint density at radius 2 is 2.00 bits per heavy atom. The molecular weight excluding hydrogens is 198 g/mol. The van der Waals surface area contributed by atoms with Gasteiger partial charge in [0.05, 0.1) is 12.3 Å². The Kier molecular flexibility index (Phi) is 3.57. The average molecular weight is 213 g/mol. The molecule has 82 valence electrons. The molecule has 16 heavy (non-hydrogen) atoms. The first-order valence-corrected chi connectivity index (χ1v) is 5.33. The van der Waals surface area contributed by atoms with Crippen LogP contribution in [0.3, 0.4) is 0 Å². The molecule has 1 heterocycles. The Balaban J connectivity index is 1.96. The van der Waals surface area contributed by atoms with Gasteiger partial charge >= 0.3 is 0 Å². The lowest BCUT2D eigenvalue weighted by molar-refractivity contribution is 0.453. The smallest absolute Gasteiger partial charge is 0.124 e. The molecule has 0 saturated heterocycles.